The van der Waals surface area contributed by atoms with Crippen molar-refractivity contribution < 1.29 is 0 Å². The SMILES string of the molecule is C[Si](C)(C)N(/C=C/C=C/c1ccccc1)[Si](C)(C)C. The molecule has 104 valence electrons. The van der Waals surface area contributed by atoms with Crippen molar-refractivity contribution >= 4 is 22.5 Å². The highest BCUT2D eigenvalue weighted by Gasteiger charge is 2.31. The van der Waals surface area contributed by atoms with Crippen molar-refractivity contribution in [3.8, 4) is 0 Å². The molecule has 0 heterocycles. The highest BCUT2D eigenvalue weighted by molar-refractivity contribution is 6.89. The van der Waals surface area contributed by atoms with Crippen LogP contribution in [0.4, 0.5) is 0 Å². The van der Waals surface area contributed by atoms with Gasteiger partial charge in [0.15, 0.2) is 0 Å². The molecule has 0 radical (unpaired) electrons. The van der Waals surface area contributed by atoms with Crippen molar-refractivity contribution in [1.29, 1.82) is 0 Å². The Morgan fingerprint density at radius 2 is 1.32 bits per heavy atom. The second-order valence-corrected chi connectivity index (χ2v) is 16.9. The Morgan fingerprint density at radius 1 is 0.789 bits per heavy atom. The van der Waals surface area contributed by atoms with Crippen LogP contribution in [0.25, 0.3) is 6.08 Å². The summed E-state index contributed by atoms with van der Waals surface area (Å²) in [6, 6.07) is 10.4. The highest BCUT2D eigenvalue weighted by atomic mass is 28.4. The fourth-order valence-electron chi connectivity index (χ4n) is 2.32. The van der Waals surface area contributed by atoms with E-state index in [1.807, 2.05) is 6.07 Å². The number of hydrogen-bond acceptors (Lipinski definition) is 1. The quantitative estimate of drug-likeness (QED) is 0.533. The van der Waals surface area contributed by atoms with Crippen LogP contribution in [0.2, 0.25) is 39.3 Å². The summed E-state index contributed by atoms with van der Waals surface area (Å²) >= 11 is 0. The molecule has 0 atom stereocenters. The van der Waals surface area contributed by atoms with Crippen molar-refractivity contribution in [3.63, 3.8) is 0 Å². The normalized spacial score (nSPS) is 13.4. The molecule has 0 saturated carbocycles. The molecule has 1 rings (SSSR count). The molecule has 0 N–H and O–H groups in total. The van der Waals surface area contributed by atoms with Gasteiger partial charge in [-0.3, -0.25) is 0 Å². The van der Waals surface area contributed by atoms with Gasteiger partial charge < -0.3 is 4.23 Å². The van der Waals surface area contributed by atoms with Gasteiger partial charge >= 0.3 is 0 Å². The molecular formula is C16H27NSi2. The Hall–Kier alpha value is -1.07. The van der Waals surface area contributed by atoms with Crippen molar-refractivity contribution in [2.45, 2.75) is 39.3 Å². The molecule has 1 aromatic rings. The average molecular weight is 290 g/mol. The minimum atomic E-state index is -1.28. The third kappa shape index (κ3) is 5.62. The summed E-state index contributed by atoms with van der Waals surface area (Å²) in [4.78, 5) is 0. The van der Waals surface area contributed by atoms with E-state index in [1.165, 1.54) is 5.56 Å². The zero-order chi connectivity index (χ0) is 14.5. The van der Waals surface area contributed by atoms with Gasteiger partial charge in [0.1, 0.15) is 16.5 Å². The molecule has 1 nitrogen and oxygen atoms in total. The molecule has 0 bridgehead atoms. The van der Waals surface area contributed by atoms with Crippen LogP contribution in [-0.2, 0) is 0 Å². The standard InChI is InChI=1S/C16H27NSi2/c1-18(2,3)17(19(4,5)6)15-11-10-14-16-12-8-7-9-13-16/h7-15H,1-6H3/b14-10+,15-11+. The monoisotopic (exact) mass is 289 g/mol. The Labute approximate surface area is 120 Å². The number of hydrogen-bond donors (Lipinski definition) is 0. The van der Waals surface area contributed by atoms with Crippen LogP contribution < -0.4 is 0 Å². The number of allylic oxidation sites excluding steroid dienone is 2. The van der Waals surface area contributed by atoms with Gasteiger partial charge in [0.25, 0.3) is 0 Å². The Bertz CT molecular complexity index is 422. The van der Waals surface area contributed by atoms with Gasteiger partial charge in [0.2, 0.25) is 0 Å². The molecule has 0 unspecified atom stereocenters. The van der Waals surface area contributed by atoms with Gasteiger partial charge in [-0.25, -0.2) is 0 Å². The number of nitrogens with zero attached hydrogens (tertiary/aromatic N) is 1. The van der Waals surface area contributed by atoms with Crippen LogP contribution in [0.1, 0.15) is 5.56 Å². The lowest BCUT2D eigenvalue weighted by atomic mass is 10.2. The molecule has 0 aliphatic rings. The van der Waals surface area contributed by atoms with E-state index in [4.69, 9.17) is 0 Å². The Morgan fingerprint density at radius 3 is 1.79 bits per heavy atom. The van der Waals surface area contributed by atoms with Crippen molar-refractivity contribution in [2.75, 3.05) is 0 Å². The van der Waals surface area contributed by atoms with E-state index >= 15 is 0 Å². The lowest BCUT2D eigenvalue weighted by molar-refractivity contribution is 0.831. The summed E-state index contributed by atoms with van der Waals surface area (Å²) in [6.07, 6.45) is 8.78. The molecule has 0 aliphatic heterocycles. The largest absolute Gasteiger partial charge is 0.431 e. The predicted octanol–water partition coefficient (Wildman–Crippen LogP) is 5.19. The number of rotatable bonds is 5. The Kier molecular flexibility index (Phi) is 5.38. The fourth-order valence-corrected chi connectivity index (χ4v) is 11.4. The first-order valence-corrected chi connectivity index (χ1v) is 13.8. The highest BCUT2D eigenvalue weighted by Crippen LogP contribution is 2.20. The van der Waals surface area contributed by atoms with Gasteiger partial charge in [-0.15, -0.1) is 0 Å². The first-order valence-electron chi connectivity index (χ1n) is 6.90. The van der Waals surface area contributed by atoms with E-state index in [0.717, 1.165) is 0 Å². The summed E-state index contributed by atoms with van der Waals surface area (Å²) < 4.78 is 2.66. The van der Waals surface area contributed by atoms with Crippen molar-refractivity contribution in [1.82, 2.24) is 4.23 Å². The van der Waals surface area contributed by atoms with Gasteiger partial charge in [0.05, 0.1) is 0 Å². The second kappa shape index (κ2) is 6.39. The predicted molar refractivity (Wildman–Crippen MR) is 93.1 cm³/mol. The van der Waals surface area contributed by atoms with E-state index < -0.39 is 16.5 Å². The van der Waals surface area contributed by atoms with Crippen LogP contribution in [0.15, 0.2) is 48.7 Å². The summed E-state index contributed by atoms with van der Waals surface area (Å²) in [6.45, 7) is 14.5. The zero-order valence-electron chi connectivity index (χ0n) is 13.1. The zero-order valence-corrected chi connectivity index (χ0v) is 15.1. The molecule has 0 amide bonds. The van der Waals surface area contributed by atoms with Gasteiger partial charge in [-0.1, -0.05) is 81.8 Å². The summed E-state index contributed by atoms with van der Waals surface area (Å²) in [7, 11) is -2.55. The first kappa shape index (κ1) is 16.0. The topological polar surface area (TPSA) is 3.24 Å². The molecule has 0 fully saturated rings. The maximum Gasteiger partial charge on any atom is 0.138 e. The molecule has 0 spiro atoms. The third-order valence-electron chi connectivity index (χ3n) is 2.88. The summed E-state index contributed by atoms with van der Waals surface area (Å²) in [5, 5.41) is 0. The van der Waals surface area contributed by atoms with E-state index in [9.17, 15) is 0 Å². The van der Waals surface area contributed by atoms with E-state index in [0.29, 0.717) is 0 Å². The molecule has 0 saturated heterocycles. The number of benzene rings is 1. The average Bonchev–Trinajstić information content (AvgIpc) is 2.26. The van der Waals surface area contributed by atoms with E-state index in [-0.39, 0.29) is 0 Å². The maximum absolute atomic E-state index is 2.66. The lowest BCUT2D eigenvalue weighted by Gasteiger charge is -2.43. The third-order valence-corrected chi connectivity index (χ3v) is 10.1. The summed E-state index contributed by atoms with van der Waals surface area (Å²) in [5.74, 6) is 0. The van der Waals surface area contributed by atoms with Crippen LogP contribution in [0, 0.1) is 0 Å². The first-order chi connectivity index (χ1) is 8.71. The molecule has 3 heteroatoms. The van der Waals surface area contributed by atoms with E-state index in [2.05, 4.69) is 92.2 Å². The van der Waals surface area contributed by atoms with E-state index in [1.54, 1.807) is 0 Å². The van der Waals surface area contributed by atoms with Crippen molar-refractivity contribution in [3.05, 3.63) is 54.2 Å². The molecule has 0 aromatic heterocycles. The lowest BCUT2D eigenvalue weighted by Crippen LogP contribution is -2.55. The minimum absolute atomic E-state index is 1.25. The maximum atomic E-state index is 2.66. The summed E-state index contributed by atoms with van der Waals surface area (Å²) in [5.41, 5.74) is 1.25. The van der Waals surface area contributed by atoms with Gasteiger partial charge in [-0.05, 0) is 17.8 Å². The smallest absolute Gasteiger partial charge is 0.138 e. The molecule has 1 aromatic carbocycles. The minimum Gasteiger partial charge on any atom is -0.431 e. The van der Waals surface area contributed by atoms with Crippen molar-refractivity contribution in [2.24, 2.45) is 0 Å². The van der Waals surface area contributed by atoms with Crippen LogP contribution >= 0.6 is 0 Å². The molecule has 19 heavy (non-hydrogen) atoms. The van der Waals surface area contributed by atoms with Gasteiger partial charge in [0, 0.05) is 0 Å². The fraction of sp³-hybridized carbons (Fsp3) is 0.375. The molecule has 0 aliphatic carbocycles. The second-order valence-electron chi connectivity index (χ2n) is 6.82. The van der Waals surface area contributed by atoms with Gasteiger partial charge in [-0.2, -0.15) is 0 Å². The van der Waals surface area contributed by atoms with Crippen LogP contribution in [0.5, 0.6) is 0 Å². The van der Waals surface area contributed by atoms with Crippen LogP contribution in [-0.4, -0.2) is 20.7 Å². The van der Waals surface area contributed by atoms with Crippen LogP contribution in [0.3, 0.4) is 0 Å². The Balaban J connectivity index is 2.76. The molecular weight excluding hydrogens is 262 g/mol.